The van der Waals surface area contributed by atoms with Gasteiger partial charge in [0.15, 0.2) is 6.10 Å². The summed E-state index contributed by atoms with van der Waals surface area (Å²) in [6, 6.07) is 4.66. The first-order valence-corrected chi connectivity index (χ1v) is 5.26. The fourth-order valence-corrected chi connectivity index (χ4v) is 1.80. The number of carbonyl (C=O) groups excluding carboxylic acids is 1. The number of aliphatic hydroxyl groups is 1. The lowest BCUT2D eigenvalue weighted by Crippen LogP contribution is -2.25. The zero-order valence-electron chi connectivity index (χ0n) is 8.48. The Morgan fingerprint density at radius 1 is 1.50 bits per heavy atom. The maximum Gasteiger partial charge on any atom is 0.405 e. The highest BCUT2D eigenvalue weighted by Gasteiger charge is 2.23. The lowest BCUT2D eigenvalue weighted by molar-refractivity contribution is 0.0148. The van der Waals surface area contributed by atoms with Crippen LogP contribution in [0.1, 0.15) is 18.6 Å². The Morgan fingerprint density at radius 2 is 2.12 bits per heavy atom. The number of primary amides is 1. The van der Waals surface area contributed by atoms with Gasteiger partial charge in [0.1, 0.15) is 0 Å². The van der Waals surface area contributed by atoms with Crippen LogP contribution in [0.25, 0.3) is 0 Å². The van der Waals surface area contributed by atoms with E-state index in [1.165, 1.54) is 13.0 Å². The molecule has 0 aromatic heterocycles. The van der Waals surface area contributed by atoms with Crippen LogP contribution < -0.4 is 5.73 Å². The zero-order valence-corrected chi connectivity index (χ0v) is 10.00. The van der Waals surface area contributed by atoms with Crippen molar-refractivity contribution < 1.29 is 14.6 Å². The molecule has 0 aliphatic carbocycles. The Balaban J connectivity index is 3.05. The monoisotopic (exact) mass is 263 g/mol. The predicted octanol–water partition coefficient (Wildman–Crippen LogP) is 2.51. The normalized spacial score (nSPS) is 14.2. The molecule has 88 valence electrons. The summed E-state index contributed by atoms with van der Waals surface area (Å²) >= 11 is 11.7. The average molecular weight is 264 g/mol. The van der Waals surface area contributed by atoms with E-state index in [2.05, 4.69) is 0 Å². The van der Waals surface area contributed by atoms with E-state index >= 15 is 0 Å². The average Bonchev–Trinajstić information content (AvgIpc) is 2.14. The quantitative estimate of drug-likeness (QED) is 0.880. The van der Waals surface area contributed by atoms with Gasteiger partial charge in [0.05, 0.1) is 6.10 Å². The van der Waals surface area contributed by atoms with Crippen LogP contribution in [0.2, 0.25) is 10.0 Å². The van der Waals surface area contributed by atoms with Crippen LogP contribution in [0, 0.1) is 0 Å². The molecule has 0 unspecified atom stereocenters. The van der Waals surface area contributed by atoms with Crippen LogP contribution >= 0.6 is 23.2 Å². The number of amides is 1. The van der Waals surface area contributed by atoms with E-state index in [4.69, 9.17) is 33.7 Å². The molecule has 1 aromatic rings. The number of nitrogens with two attached hydrogens (primary N) is 1. The molecule has 0 heterocycles. The number of hydrogen-bond acceptors (Lipinski definition) is 3. The Kier molecular flexibility index (Phi) is 4.41. The molecule has 2 atom stereocenters. The van der Waals surface area contributed by atoms with Gasteiger partial charge < -0.3 is 15.6 Å². The third-order valence-electron chi connectivity index (χ3n) is 1.95. The Morgan fingerprint density at radius 3 is 2.56 bits per heavy atom. The van der Waals surface area contributed by atoms with Gasteiger partial charge >= 0.3 is 6.09 Å². The van der Waals surface area contributed by atoms with E-state index in [-0.39, 0.29) is 0 Å². The number of ether oxygens (including phenoxy) is 1. The van der Waals surface area contributed by atoms with Crippen LogP contribution in [-0.2, 0) is 4.74 Å². The fourth-order valence-electron chi connectivity index (χ4n) is 1.28. The summed E-state index contributed by atoms with van der Waals surface area (Å²) in [5.74, 6) is 0. The highest BCUT2D eigenvalue weighted by Crippen LogP contribution is 2.30. The number of hydrogen-bond donors (Lipinski definition) is 2. The van der Waals surface area contributed by atoms with Crippen molar-refractivity contribution in [3.8, 4) is 0 Å². The van der Waals surface area contributed by atoms with Crippen molar-refractivity contribution in [2.75, 3.05) is 0 Å². The summed E-state index contributed by atoms with van der Waals surface area (Å²) < 4.78 is 4.78. The second kappa shape index (κ2) is 5.39. The minimum absolute atomic E-state index is 0.305. The van der Waals surface area contributed by atoms with Crippen LogP contribution in [0.3, 0.4) is 0 Å². The van der Waals surface area contributed by atoms with E-state index in [0.29, 0.717) is 15.6 Å². The third-order valence-corrected chi connectivity index (χ3v) is 2.51. The van der Waals surface area contributed by atoms with Gasteiger partial charge in [-0.1, -0.05) is 29.3 Å². The zero-order chi connectivity index (χ0) is 12.3. The van der Waals surface area contributed by atoms with E-state index in [9.17, 15) is 9.90 Å². The van der Waals surface area contributed by atoms with Crippen molar-refractivity contribution in [3.05, 3.63) is 33.8 Å². The molecule has 1 amide bonds. The van der Waals surface area contributed by atoms with E-state index in [1.54, 1.807) is 12.1 Å². The lowest BCUT2D eigenvalue weighted by Gasteiger charge is -2.20. The number of halogens is 2. The Bertz CT molecular complexity index is 396. The molecule has 1 aromatic carbocycles. The van der Waals surface area contributed by atoms with Gasteiger partial charge in [-0.05, 0) is 19.1 Å². The molecule has 0 aliphatic rings. The van der Waals surface area contributed by atoms with Crippen LogP contribution in [0.5, 0.6) is 0 Å². The largest absolute Gasteiger partial charge is 0.439 e. The predicted molar refractivity (Wildman–Crippen MR) is 61.6 cm³/mol. The van der Waals surface area contributed by atoms with Gasteiger partial charge in [-0.25, -0.2) is 4.79 Å². The summed E-state index contributed by atoms with van der Waals surface area (Å²) in [6.07, 6.45) is -2.80. The maximum absolute atomic E-state index is 10.7. The van der Waals surface area contributed by atoms with Gasteiger partial charge in [-0.15, -0.1) is 0 Å². The first-order valence-electron chi connectivity index (χ1n) is 4.51. The highest BCUT2D eigenvalue weighted by molar-refractivity contribution is 6.35. The maximum atomic E-state index is 10.7. The van der Waals surface area contributed by atoms with Gasteiger partial charge in [0.25, 0.3) is 0 Å². The van der Waals surface area contributed by atoms with E-state index < -0.39 is 18.3 Å². The summed E-state index contributed by atoms with van der Waals surface area (Å²) in [5, 5.41) is 10.2. The second-order valence-corrected chi connectivity index (χ2v) is 4.11. The minimum atomic E-state index is -0.975. The van der Waals surface area contributed by atoms with Crippen molar-refractivity contribution in [2.45, 2.75) is 19.1 Å². The standard InChI is InChI=1S/C10H11Cl2NO3/c1-5(14)9(16-10(13)15)7-3-2-6(11)4-8(7)12/h2-5,9,14H,1H3,(H2,13,15)/t5-,9+/m1/s1. The van der Waals surface area contributed by atoms with Gasteiger partial charge in [0.2, 0.25) is 0 Å². The number of benzene rings is 1. The summed E-state index contributed by atoms with van der Waals surface area (Å²) in [6.45, 7) is 1.47. The first-order chi connectivity index (χ1) is 7.41. The first kappa shape index (κ1) is 13.1. The summed E-state index contributed by atoms with van der Waals surface area (Å²) in [7, 11) is 0. The molecule has 0 saturated carbocycles. The molecule has 0 saturated heterocycles. The molecule has 0 aliphatic heterocycles. The molecule has 3 N–H and O–H groups in total. The number of rotatable bonds is 3. The Labute approximate surface area is 103 Å². The molecule has 16 heavy (non-hydrogen) atoms. The molecule has 0 bridgehead atoms. The summed E-state index contributed by atoms with van der Waals surface area (Å²) in [4.78, 5) is 10.7. The minimum Gasteiger partial charge on any atom is -0.439 e. The smallest absolute Gasteiger partial charge is 0.405 e. The molecule has 6 heteroatoms. The van der Waals surface area contributed by atoms with Crippen molar-refractivity contribution in [2.24, 2.45) is 5.73 Å². The molecule has 1 rings (SSSR count). The van der Waals surface area contributed by atoms with Gasteiger partial charge in [-0.2, -0.15) is 0 Å². The topological polar surface area (TPSA) is 72.6 Å². The molecule has 4 nitrogen and oxygen atoms in total. The second-order valence-electron chi connectivity index (χ2n) is 3.26. The summed E-state index contributed by atoms with van der Waals surface area (Å²) in [5.41, 5.74) is 5.37. The fraction of sp³-hybridized carbons (Fsp3) is 0.300. The molecule has 0 spiro atoms. The molecule has 0 radical (unpaired) electrons. The number of aliphatic hydroxyl groups excluding tert-OH is 1. The van der Waals surface area contributed by atoms with E-state index in [0.717, 1.165) is 0 Å². The molecular weight excluding hydrogens is 253 g/mol. The van der Waals surface area contributed by atoms with Crippen molar-refractivity contribution in [1.82, 2.24) is 0 Å². The van der Waals surface area contributed by atoms with Crippen molar-refractivity contribution in [1.29, 1.82) is 0 Å². The van der Waals surface area contributed by atoms with Crippen molar-refractivity contribution in [3.63, 3.8) is 0 Å². The van der Waals surface area contributed by atoms with Gasteiger partial charge in [0, 0.05) is 15.6 Å². The Hall–Kier alpha value is -0.970. The van der Waals surface area contributed by atoms with Crippen LogP contribution in [0.4, 0.5) is 4.79 Å². The SMILES string of the molecule is C[C@@H](O)[C@H](OC(N)=O)c1ccc(Cl)cc1Cl. The van der Waals surface area contributed by atoms with E-state index in [1.807, 2.05) is 0 Å². The van der Waals surface area contributed by atoms with Crippen molar-refractivity contribution >= 4 is 29.3 Å². The molecular formula is C10H11Cl2NO3. The number of carbonyl (C=O) groups is 1. The van der Waals surface area contributed by atoms with Crippen LogP contribution in [-0.4, -0.2) is 17.3 Å². The molecule has 0 fully saturated rings. The van der Waals surface area contributed by atoms with Crippen LogP contribution in [0.15, 0.2) is 18.2 Å². The lowest BCUT2D eigenvalue weighted by atomic mass is 10.1. The highest BCUT2D eigenvalue weighted by atomic mass is 35.5. The van der Waals surface area contributed by atoms with Gasteiger partial charge in [-0.3, -0.25) is 0 Å². The third kappa shape index (κ3) is 3.27.